The van der Waals surface area contributed by atoms with Gasteiger partial charge in [0.1, 0.15) is 18.9 Å². The van der Waals surface area contributed by atoms with E-state index in [1.54, 1.807) is 16.2 Å². The molecule has 34 heavy (non-hydrogen) atoms. The van der Waals surface area contributed by atoms with Crippen LogP contribution in [0.1, 0.15) is 45.2 Å². The van der Waals surface area contributed by atoms with Crippen molar-refractivity contribution in [2.24, 2.45) is 5.92 Å². The lowest BCUT2D eigenvalue weighted by Gasteiger charge is -2.37. The van der Waals surface area contributed by atoms with Crippen molar-refractivity contribution < 1.29 is 14.3 Å². The predicted molar refractivity (Wildman–Crippen MR) is 134 cm³/mol. The molecule has 1 aliphatic heterocycles. The van der Waals surface area contributed by atoms with Gasteiger partial charge in [0.2, 0.25) is 5.91 Å². The number of benzene rings is 2. The van der Waals surface area contributed by atoms with Crippen molar-refractivity contribution in [3.8, 4) is 5.75 Å². The Kier molecular flexibility index (Phi) is 6.68. The van der Waals surface area contributed by atoms with Crippen molar-refractivity contribution in [3.05, 3.63) is 87.6 Å². The van der Waals surface area contributed by atoms with E-state index in [0.29, 0.717) is 31.2 Å². The van der Waals surface area contributed by atoms with Crippen molar-refractivity contribution in [2.45, 2.75) is 32.2 Å². The Morgan fingerprint density at radius 1 is 1.06 bits per heavy atom. The number of para-hydroxylation sites is 1. The van der Waals surface area contributed by atoms with Crippen LogP contribution in [-0.2, 0) is 11.2 Å². The van der Waals surface area contributed by atoms with E-state index in [1.807, 2.05) is 66.4 Å². The highest BCUT2D eigenvalue weighted by Gasteiger charge is 2.35. The van der Waals surface area contributed by atoms with Gasteiger partial charge in [-0.05, 0) is 73.4 Å². The standard InChI is InChI=1S/C28H30N2O3S/c1-20-7-11-22(12-8-20)28(32)29(17-21-9-10-21)18-27(31)30-15-13-26-24(14-16-34-26)25(30)19-33-23-5-3-2-4-6-23/h2-8,11-12,14,16,21,25H,9-10,13,15,17-19H2,1H3/t25-/m0/s1. The van der Waals surface area contributed by atoms with Crippen molar-refractivity contribution in [3.63, 3.8) is 0 Å². The van der Waals surface area contributed by atoms with Crippen molar-refractivity contribution >= 4 is 23.2 Å². The number of aryl methyl sites for hydroxylation is 1. The second-order valence-electron chi connectivity index (χ2n) is 9.27. The second-order valence-corrected chi connectivity index (χ2v) is 10.3. The lowest BCUT2D eigenvalue weighted by Crippen LogP contribution is -2.48. The van der Waals surface area contributed by atoms with Crippen LogP contribution >= 0.6 is 11.3 Å². The van der Waals surface area contributed by atoms with Crippen LogP contribution in [0.4, 0.5) is 0 Å². The number of ether oxygens (including phenoxy) is 1. The average Bonchev–Trinajstić information content (AvgIpc) is 3.55. The molecule has 176 valence electrons. The Balaban J connectivity index is 1.33. The number of rotatable bonds is 8. The molecule has 2 aromatic carbocycles. The first-order valence-electron chi connectivity index (χ1n) is 12.0. The number of nitrogens with zero attached hydrogens (tertiary/aromatic N) is 2. The zero-order valence-corrected chi connectivity index (χ0v) is 20.3. The summed E-state index contributed by atoms with van der Waals surface area (Å²) >= 11 is 1.74. The van der Waals surface area contributed by atoms with Crippen LogP contribution < -0.4 is 4.74 Å². The summed E-state index contributed by atoms with van der Waals surface area (Å²) in [6.07, 6.45) is 3.10. The first kappa shape index (κ1) is 22.7. The topological polar surface area (TPSA) is 49.9 Å². The molecule has 1 aliphatic carbocycles. The van der Waals surface area contributed by atoms with E-state index < -0.39 is 0 Å². The summed E-state index contributed by atoms with van der Waals surface area (Å²) in [6.45, 7) is 3.79. The van der Waals surface area contributed by atoms with E-state index in [4.69, 9.17) is 4.74 Å². The summed E-state index contributed by atoms with van der Waals surface area (Å²) in [5.41, 5.74) is 2.92. The number of hydrogen-bond donors (Lipinski definition) is 0. The third-order valence-corrected chi connectivity index (χ3v) is 7.65. The maximum Gasteiger partial charge on any atom is 0.254 e. The highest BCUT2D eigenvalue weighted by Crippen LogP contribution is 2.34. The molecule has 0 unspecified atom stereocenters. The highest BCUT2D eigenvalue weighted by atomic mass is 32.1. The number of amides is 2. The van der Waals surface area contributed by atoms with E-state index in [1.165, 1.54) is 10.4 Å². The second kappa shape index (κ2) is 10.0. The van der Waals surface area contributed by atoms with E-state index in [-0.39, 0.29) is 24.4 Å². The molecule has 1 saturated carbocycles. The fourth-order valence-electron chi connectivity index (χ4n) is 4.53. The normalized spacial score (nSPS) is 17.2. The predicted octanol–water partition coefficient (Wildman–Crippen LogP) is 5.11. The molecule has 1 aromatic heterocycles. The van der Waals surface area contributed by atoms with Crippen LogP contribution in [0.15, 0.2) is 66.0 Å². The minimum atomic E-state index is -0.153. The minimum Gasteiger partial charge on any atom is -0.491 e. The SMILES string of the molecule is Cc1ccc(C(=O)N(CC(=O)N2CCc3sccc3[C@@H]2COc2ccccc2)CC2CC2)cc1. The van der Waals surface area contributed by atoms with Gasteiger partial charge < -0.3 is 14.5 Å². The molecular formula is C28H30N2O3S. The number of carbonyl (C=O) groups is 2. The van der Waals surface area contributed by atoms with Crippen LogP contribution in [0.25, 0.3) is 0 Å². The third-order valence-electron chi connectivity index (χ3n) is 6.65. The van der Waals surface area contributed by atoms with Crippen LogP contribution in [-0.4, -0.2) is 47.9 Å². The van der Waals surface area contributed by atoms with Gasteiger partial charge in [0, 0.05) is 23.5 Å². The fraction of sp³-hybridized carbons (Fsp3) is 0.357. The van der Waals surface area contributed by atoms with Crippen LogP contribution in [0, 0.1) is 12.8 Å². The summed E-state index contributed by atoms with van der Waals surface area (Å²) < 4.78 is 6.09. The molecule has 0 spiro atoms. The molecular weight excluding hydrogens is 444 g/mol. The molecule has 0 bridgehead atoms. The Bertz CT molecular complexity index is 1140. The molecule has 5 rings (SSSR count). The smallest absolute Gasteiger partial charge is 0.254 e. The Morgan fingerprint density at radius 2 is 1.82 bits per heavy atom. The molecule has 6 heteroatoms. The molecule has 0 saturated heterocycles. The zero-order chi connectivity index (χ0) is 23.5. The van der Waals surface area contributed by atoms with Crippen molar-refractivity contribution in [1.82, 2.24) is 9.80 Å². The maximum absolute atomic E-state index is 13.6. The molecule has 0 radical (unpaired) electrons. The number of fused-ring (bicyclic) bond motifs is 1. The summed E-state index contributed by atoms with van der Waals surface area (Å²) in [7, 11) is 0. The third kappa shape index (κ3) is 5.17. The van der Waals surface area contributed by atoms with Gasteiger partial charge in [-0.25, -0.2) is 0 Å². The monoisotopic (exact) mass is 474 g/mol. The van der Waals surface area contributed by atoms with Crippen LogP contribution in [0.5, 0.6) is 5.75 Å². The molecule has 1 fully saturated rings. The van der Waals surface area contributed by atoms with Gasteiger partial charge in [-0.1, -0.05) is 35.9 Å². The van der Waals surface area contributed by atoms with Crippen LogP contribution in [0.3, 0.4) is 0 Å². The molecule has 5 nitrogen and oxygen atoms in total. The number of carbonyl (C=O) groups excluding carboxylic acids is 2. The molecule has 0 N–H and O–H groups in total. The quantitative estimate of drug-likeness (QED) is 0.456. The van der Waals surface area contributed by atoms with Gasteiger partial charge in [-0.3, -0.25) is 9.59 Å². The molecule has 2 amide bonds. The Labute approximate surface area is 205 Å². The van der Waals surface area contributed by atoms with Crippen molar-refractivity contribution in [2.75, 3.05) is 26.2 Å². The summed E-state index contributed by atoms with van der Waals surface area (Å²) in [4.78, 5) is 31.9. The largest absolute Gasteiger partial charge is 0.491 e. The van der Waals surface area contributed by atoms with Gasteiger partial charge in [0.25, 0.3) is 5.91 Å². The lowest BCUT2D eigenvalue weighted by molar-refractivity contribution is -0.135. The fourth-order valence-corrected chi connectivity index (χ4v) is 5.46. The van der Waals surface area contributed by atoms with Gasteiger partial charge in [0.05, 0.1) is 6.04 Å². The number of thiophene rings is 1. The zero-order valence-electron chi connectivity index (χ0n) is 19.5. The summed E-state index contributed by atoms with van der Waals surface area (Å²) in [6, 6.07) is 19.3. The molecule has 1 atom stereocenters. The highest BCUT2D eigenvalue weighted by molar-refractivity contribution is 7.10. The molecule has 2 heterocycles. The lowest BCUT2D eigenvalue weighted by atomic mass is 10.00. The van der Waals surface area contributed by atoms with Crippen LogP contribution in [0.2, 0.25) is 0 Å². The van der Waals surface area contributed by atoms with Gasteiger partial charge in [0.15, 0.2) is 0 Å². The first-order chi connectivity index (χ1) is 16.6. The maximum atomic E-state index is 13.6. The van der Waals surface area contributed by atoms with E-state index in [2.05, 4.69) is 11.4 Å². The molecule has 2 aliphatic rings. The molecule has 3 aromatic rings. The average molecular weight is 475 g/mol. The van der Waals surface area contributed by atoms with E-state index in [0.717, 1.165) is 30.6 Å². The number of hydrogen-bond acceptors (Lipinski definition) is 4. The Morgan fingerprint density at radius 3 is 2.56 bits per heavy atom. The van der Waals surface area contributed by atoms with E-state index >= 15 is 0 Å². The summed E-state index contributed by atoms with van der Waals surface area (Å²) in [5.74, 6) is 1.22. The summed E-state index contributed by atoms with van der Waals surface area (Å²) in [5, 5.41) is 2.09. The minimum absolute atomic E-state index is 0.0142. The van der Waals surface area contributed by atoms with Gasteiger partial charge in [-0.15, -0.1) is 11.3 Å². The van der Waals surface area contributed by atoms with Gasteiger partial charge >= 0.3 is 0 Å². The first-order valence-corrected chi connectivity index (χ1v) is 12.9. The van der Waals surface area contributed by atoms with E-state index in [9.17, 15) is 9.59 Å². The van der Waals surface area contributed by atoms with Gasteiger partial charge in [-0.2, -0.15) is 0 Å². The van der Waals surface area contributed by atoms with Crippen molar-refractivity contribution in [1.29, 1.82) is 0 Å². The Hall–Kier alpha value is -3.12.